The van der Waals surface area contributed by atoms with Gasteiger partial charge in [0.15, 0.2) is 5.65 Å². The minimum Gasteiger partial charge on any atom is -0.397 e. The van der Waals surface area contributed by atoms with Crippen molar-refractivity contribution in [2.24, 2.45) is 0 Å². The van der Waals surface area contributed by atoms with Crippen LogP contribution in [0.1, 0.15) is 4.88 Å². The van der Waals surface area contributed by atoms with Gasteiger partial charge in [-0.05, 0) is 43.3 Å². The lowest BCUT2D eigenvalue weighted by atomic mass is 10.1. The van der Waals surface area contributed by atoms with E-state index in [2.05, 4.69) is 61.3 Å². The number of hydrogen-bond donors (Lipinski definition) is 3. The fourth-order valence-electron chi connectivity index (χ4n) is 3.83. The molecule has 0 saturated carbocycles. The SMILES string of the molecule is Cc1ccc(-c2nccc3[nH]c(-c4[nH]nc5ncc(-c6cncc(N)c6)cc45)cc23)s1. The second-order valence-electron chi connectivity index (χ2n) is 7.41. The normalized spacial score (nSPS) is 11.5. The first kappa shape index (κ1) is 17.8. The van der Waals surface area contributed by atoms with Gasteiger partial charge in [0.05, 0.1) is 27.6 Å². The van der Waals surface area contributed by atoms with Crippen molar-refractivity contribution >= 4 is 39.0 Å². The Morgan fingerprint density at radius 2 is 1.84 bits per heavy atom. The summed E-state index contributed by atoms with van der Waals surface area (Å²) in [6, 6.07) is 12.3. The lowest BCUT2D eigenvalue weighted by Gasteiger charge is -2.02. The second-order valence-corrected chi connectivity index (χ2v) is 8.70. The number of aromatic amines is 2. The van der Waals surface area contributed by atoms with Crippen LogP contribution in [0.2, 0.25) is 0 Å². The minimum absolute atomic E-state index is 0.615. The maximum absolute atomic E-state index is 5.90. The van der Waals surface area contributed by atoms with Crippen LogP contribution < -0.4 is 5.73 Å². The van der Waals surface area contributed by atoms with Crippen molar-refractivity contribution in [3.8, 4) is 33.1 Å². The molecule has 0 unspecified atom stereocenters. The molecule has 31 heavy (non-hydrogen) atoms. The Morgan fingerprint density at radius 3 is 2.68 bits per heavy atom. The van der Waals surface area contributed by atoms with Gasteiger partial charge >= 0.3 is 0 Å². The predicted octanol–water partition coefficient (Wildman–Crippen LogP) is 5.18. The number of nitrogens with zero attached hydrogens (tertiary/aromatic N) is 4. The Hall–Kier alpha value is -4.04. The fourth-order valence-corrected chi connectivity index (χ4v) is 4.70. The zero-order valence-corrected chi connectivity index (χ0v) is 17.4. The van der Waals surface area contributed by atoms with Crippen LogP contribution in [0.15, 0.2) is 61.2 Å². The zero-order chi connectivity index (χ0) is 20.9. The number of aryl methyl sites for hydroxylation is 1. The van der Waals surface area contributed by atoms with Crippen molar-refractivity contribution in [1.29, 1.82) is 0 Å². The molecule has 6 aromatic heterocycles. The van der Waals surface area contributed by atoms with E-state index in [9.17, 15) is 0 Å². The Balaban J connectivity index is 1.51. The highest BCUT2D eigenvalue weighted by molar-refractivity contribution is 7.15. The summed E-state index contributed by atoms with van der Waals surface area (Å²) in [6.45, 7) is 2.11. The van der Waals surface area contributed by atoms with Gasteiger partial charge < -0.3 is 10.7 Å². The van der Waals surface area contributed by atoms with Gasteiger partial charge in [-0.2, -0.15) is 5.10 Å². The standard InChI is InChI=1S/C23H17N7S/c1-12-2-3-20(31-12)22-16-8-19(28-18(16)4-5-26-22)21-17-7-14(10-27-23(17)30-29-21)13-6-15(24)11-25-9-13/h2-11,28H,24H2,1H3,(H,27,29,30). The molecule has 0 bridgehead atoms. The molecule has 0 saturated heterocycles. The lowest BCUT2D eigenvalue weighted by molar-refractivity contribution is 1.10. The summed E-state index contributed by atoms with van der Waals surface area (Å²) in [7, 11) is 0. The highest BCUT2D eigenvalue weighted by Crippen LogP contribution is 2.35. The molecule has 0 radical (unpaired) electrons. The van der Waals surface area contributed by atoms with Crippen LogP contribution in [0, 0.1) is 6.92 Å². The van der Waals surface area contributed by atoms with Crippen LogP contribution in [-0.4, -0.2) is 30.1 Å². The second kappa shape index (κ2) is 6.75. The van der Waals surface area contributed by atoms with E-state index in [1.165, 1.54) is 4.88 Å². The summed E-state index contributed by atoms with van der Waals surface area (Å²) in [4.78, 5) is 19.3. The summed E-state index contributed by atoms with van der Waals surface area (Å²) in [5, 5.41) is 9.53. The van der Waals surface area contributed by atoms with Gasteiger partial charge in [-0.1, -0.05) is 0 Å². The van der Waals surface area contributed by atoms with Gasteiger partial charge in [0.1, 0.15) is 0 Å². The first-order valence-electron chi connectivity index (χ1n) is 9.75. The van der Waals surface area contributed by atoms with Crippen LogP contribution >= 0.6 is 11.3 Å². The van der Waals surface area contributed by atoms with E-state index in [-0.39, 0.29) is 0 Å². The Labute approximate surface area is 181 Å². The maximum atomic E-state index is 5.90. The Bertz CT molecular complexity index is 1570. The number of rotatable bonds is 3. The largest absolute Gasteiger partial charge is 0.397 e. The van der Waals surface area contributed by atoms with Crippen molar-refractivity contribution in [2.45, 2.75) is 6.92 Å². The summed E-state index contributed by atoms with van der Waals surface area (Å²) in [6.07, 6.45) is 7.03. The molecule has 8 heteroatoms. The molecule has 0 aliphatic carbocycles. The van der Waals surface area contributed by atoms with Gasteiger partial charge in [0.2, 0.25) is 0 Å². The van der Waals surface area contributed by atoms with Gasteiger partial charge in [-0.3, -0.25) is 15.1 Å². The smallest absolute Gasteiger partial charge is 0.181 e. The number of nitrogens with one attached hydrogen (secondary N) is 2. The van der Waals surface area contributed by atoms with Crippen molar-refractivity contribution in [2.75, 3.05) is 5.73 Å². The lowest BCUT2D eigenvalue weighted by Crippen LogP contribution is -1.88. The number of hydrogen-bond acceptors (Lipinski definition) is 6. The van der Waals surface area contributed by atoms with Crippen molar-refractivity contribution in [1.82, 2.24) is 30.1 Å². The molecule has 150 valence electrons. The number of pyridine rings is 3. The number of nitrogen functional groups attached to an aromatic ring is 1. The summed E-state index contributed by atoms with van der Waals surface area (Å²) in [5.74, 6) is 0. The summed E-state index contributed by atoms with van der Waals surface area (Å²) in [5.41, 5.74) is 12.8. The van der Waals surface area contributed by atoms with E-state index >= 15 is 0 Å². The van der Waals surface area contributed by atoms with E-state index in [1.54, 1.807) is 29.9 Å². The number of thiophene rings is 1. The molecule has 7 nitrogen and oxygen atoms in total. The third kappa shape index (κ3) is 2.96. The molecule has 0 amide bonds. The first-order valence-corrected chi connectivity index (χ1v) is 10.6. The summed E-state index contributed by atoms with van der Waals surface area (Å²) >= 11 is 1.74. The molecule has 0 spiro atoms. The maximum Gasteiger partial charge on any atom is 0.181 e. The molecular weight excluding hydrogens is 406 g/mol. The monoisotopic (exact) mass is 423 g/mol. The molecule has 6 heterocycles. The average Bonchev–Trinajstić information content (AvgIpc) is 3.50. The van der Waals surface area contributed by atoms with Crippen LogP contribution in [0.25, 0.3) is 55.0 Å². The molecule has 4 N–H and O–H groups in total. The quantitative estimate of drug-likeness (QED) is 0.363. The molecule has 0 atom stereocenters. The topological polar surface area (TPSA) is 109 Å². The zero-order valence-electron chi connectivity index (χ0n) is 16.5. The number of H-pyrrole nitrogens is 2. The van der Waals surface area contributed by atoms with E-state index in [4.69, 9.17) is 5.73 Å². The molecule has 6 rings (SSSR count). The Kier molecular flexibility index (Phi) is 3.87. The molecule has 0 fully saturated rings. The number of nitrogens with two attached hydrogens (primary N) is 1. The fraction of sp³-hybridized carbons (Fsp3) is 0.0435. The molecule has 0 aliphatic rings. The van der Waals surface area contributed by atoms with Crippen LogP contribution in [0.4, 0.5) is 5.69 Å². The van der Waals surface area contributed by atoms with Crippen molar-refractivity contribution < 1.29 is 0 Å². The van der Waals surface area contributed by atoms with E-state index in [0.29, 0.717) is 11.3 Å². The van der Waals surface area contributed by atoms with E-state index in [1.807, 2.05) is 18.3 Å². The molecular formula is C23H17N7S. The van der Waals surface area contributed by atoms with Crippen LogP contribution in [-0.2, 0) is 0 Å². The van der Waals surface area contributed by atoms with Crippen LogP contribution in [0.5, 0.6) is 0 Å². The van der Waals surface area contributed by atoms with Crippen molar-refractivity contribution in [3.05, 3.63) is 66.1 Å². The van der Waals surface area contributed by atoms with Crippen molar-refractivity contribution in [3.63, 3.8) is 0 Å². The molecule has 0 aromatic carbocycles. The van der Waals surface area contributed by atoms with E-state index < -0.39 is 0 Å². The first-order chi connectivity index (χ1) is 15.2. The van der Waals surface area contributed by atoms with Crippen LogP contribution in [0.3, 0.4) is 0 Å². The number of anilines is 1. The minimum atomic E-state index is 0.615. The Morgan fingerprint density at radius 1 is 0.935 bits per heavy atom. The molecule has 0 aliphatic heterocycles. The molecule has 6 aromatic rings. The third-order valence-corrected chi connectivity index (χ3v) is 6.30. The van der Waals surface area contributed by atoms with E-state index in [0.717, 1.165) is 49.4 Å². The average molecular weight is 424 g/mol. The third-order valence-electron chi connectivity index (χ3n) is 5.29. The highest BCUT2D eigenvalue weighted by atomic mass is 32.1. The predicted molar refractivity (Wildman–Crippen MR) is 125 cm³/mol. The number of fused-ring (bicyclic) bond motifs is 2. The highest BCUT2D eigenvalue weighted by Gasteiger charge is 2.15. The van der Waals surface area contributed by atoms with Gasteiger partial charge in [0.25, 0.3) is 0 Å². The van der Waals surface area contributed by atoms with Gasteiger partial charge in [-0.15, -0.1) is 11.3 Å². The van der Waals surface area contributed by atoms with Gasteiger partial charge in [-0.25, -0.2) is 4.98 Å². The summed E-state index contributed by atoms with van der Waals surface area (Å²) < 4.78 is 0. The van der Waals surface area contributed by atoms with Gasteiger partial charge in [0, 0.05) is 57.1 Å². The number of aromatic nitrogens is 6.